The lowest BCUT2D eigenvalue weighted by molar-refractivity contribution is -0.132. The number of anilines is 3. The third-order valence-corrected chi connectivity index (χ3v) is 8.24. The maximum atomic E-state index is 11.4. The average molecular weight is 593 g/mol. The minimum Gasteiger partial charge on any atom is -0.477 e. The van der Waals surface area contributed by atoms with Gasteiger partial charge in [0.25, 0.3) is 0 Å². The fraction of sp³-hybridized carbons (Fsp3) is 0. The van der Waals surface area contributed by atoms with E-state index in [0.717, 1.165) is 55.3 Å². The Balaban J connectivity index is 1.37. The third kappa shape index (κ3) is 5.27. The summed E-state index contributed by atoms with van der Waals surface area (Å²) in [6, 6.07) is 56.0. The summed E-state index contributed by atoms with van der Waals surface area (Å²) < 4.78 is 0. The van der Waals surface area contributed by atoms with Crippen LogP contribution in [0.3, 0.4) is 0 Å². The van der Waals surface area contributed by atoms with E-state index in [1.807, 2.05) is 36.4 Å². The number of carbonyl (C=O) groups is 1. The molecule has 0 fully saturated rings. The van der Waals surface area contributed by atoms with Crippen LogP contribution in [0, 0.1) is 11.3 Å². The summed E-state index contributed by atoms with van der Waals surface area (Å²) in [5.74, 6) is -1.24. The molecule has 0 aliphatic heterocycles. The Hall–Kier alpha value is -6.44. The first kappa shape index (κ1) is 28.3. The van der Waals surface area contributed by atoms with E-state index in [1.165, 1.54) is 11.6 Å². The fourth-order valence-corrected chi connectivity index (χ4v) is 6.18. The van der Waals surface area contributed by atoms with Crippen LogP contribution >= 0.6 is 0 Å². The second-order valence-electron chi connectivity index (χ2n) is 11.0. The highest BCUT2D eigenvalue weighted by Crippen LogP contribution is 2.44. The molecule has 7 rings (SSSR count). The molecule has 0 aromatic heterocycles. The average Bonchev–Trinajstić information content (AvgIpc) is 3.11. The van der Waals surface area contributed by atoms with E-state index in [9.17, 15) is 15.2 Å². The van der Waals surface area contributed by atoms with Gasteiger partial charge >= 0.3 is 5.97 Å². The number of rotatable bonds is 7. The molecule has 0 heterocycles. The van der Waals surface area contributed by atoms with Crippen molar-refractivity contribution < 1.29 is 9.90 Å². The second kappa shape index (κ2) is 12.3. The Morgan fingerprint density at radius 1 is 0.522 bits per heavy atom. The zero-order chi connectivity index (χ0) is 31.5. The van der Waals surface area contributed by atoms with E-state index in [1.54, 1.807) is 6.07 Å². The van der Waals surface area contributed by atoms with Gasteiger partial charge in [0.05, 0.1) is 0 Å². The maximum absolute atomic E-state index is 11.4. The predicted molar refractivity (Wildman–Crippen MR) is 188 cm³/mol. The van der Waals surface area contributed by atoms with Gasteiger partial charge in [-0.3, -0.25) is 0 Å². The van der Waals surface area contributed by atoms with Crippen molar-refractivity contribution in [1.82, 2.24) is 0 Å². The highest BCUT2D eigenvalue weighted by Gasteiger charge is 2.18. The van der Waals surface area contributed by atoms with E-state index >= 15 is 0 Å². The first-order valence-electron chi connectivity index (χ1n) is 15.0. The van der Waals surface area contributed by atoms with E-state index in [4.69, 9.17) is 0 Å². The monoisotopic (exact) mass is 592 g/mol. The smallest absolute Gasteiger partial charge is 0.346 e. The molecule has 0 saturated carbocycles. The van der Waals surface area contributed by atoms with Crippen molar-refractivity contribution in [3.05, 3.63) is 169 Å². The number of aliphatic carboxylic acids is 1. The molecule has 1 N–H and O–H groups in total. The van der Waals surface area contributed by atoms with Crippen LogP contribution < -0.4 is 4.90 Å². The highest BCUT2D eigenvalue weighted by atomic mass is 16.4. The van der Waals surface area contributed by atoms with Crippen molar-refractivity contribution >= 4 is 50.7 Å². The number of hydrogen-bond donors (Lipinski definition) is 1. The molecule has 0 amide bonds. The minimum atomic E-state index is -1.24. The van der Waals surface area contributed by atoms with E-state index in [-0.39, 0.29) is 5.57 Å². The fourth-order valence-electron chi connectivity index (χ4n) is 6.18. The summed E-state index contributed by atoms with van der Waals surface area (Å²) in [7, 11) is 0. The van der Waals surface area contributed by atoms with E-state index in [2.05, 4.69) is 126 Å². The third-order valence-electron chi connectivity index (χ3n) is 8.24. The molecule has 0 unspecified atom stereocenters. The van der Waals surface area contributed by atoms with Gasteiger partial charge in [0.2, 0.25) is 0 Å². The molecule has 0 saturated heterocycles. The quantitative estimate of drug-likeness (QED) is 0.114. The van der Waals surface area contributed by atoms with Gasteiger partial charge in [-0.2, -0.15) is 5.26 Å². The van der Waals surface area contributed by atoms with Crippen molar-refractivity contribution in [2.45, 2.75) is 0 Å². The van der Waals surface area contributed by atoms with Crippen molar-refractivity contribution in [1.29, 1.82) is 5.26 Å². The molecule has 0 spiro atoms. The standard InChI is InChI=1S/C42H28N2O2/c43-28-32(42(45)46)27-29-19-21-30(22-20-29)40-36-15-7-9-17-38(36)41(39-18-10-8-16-37(39)40)31-23-25-35(26-24-31)44(33-11-3-1-4-12-33)34-13-5-2-6-14-34/h1-27H,(H,45,46)/b32-27-. The van der Waals surface area contributed by atoms with Gasteiger partial charge in [-0.15, -0.1) is 0 Å². The second-order valence-corrected chi connectivity index (χ2v) is 11.0. The lowest BCUT2D eigenvalue weighted by Gasteiger charge is -2.25. The summed E-state index contributed by atoms with van der Waals surface area (Å²) in [6.07, 6.45) is 1.39. The number of nitrogens with zero attached hydrogens (tertiary/aromatic N) is 2. The molecule has 46 heavy (non-hydrogen) atoms. The number of para-hydroxylation sites is 2. The SMILES string of the molecule is N#C/C(=C/c1ccc(-c2c3ccccc3c(-c3ccc(N(c4ccccc4)c4ccccc4)cc3)c3ccccc23)cc1)C(=O)O. The molecule has 0 aliphatic rings. The van der Waals surface area contributed by atoms with E-state index < -0.39 is 5.97 Å². The van der Waals surface area contributed by atoms with Crippen molar-refractivity contribution in [3.8, 4) is 28.3 Å². The van der Waals surface area contributed by atoms with Crippen molar-refractivity contribution in [2.75, 3.05) is 4.90 Å². The van der Waals surface area contributed by atoms with Gasteiger partial charge in [0.15, 0.2) is 0 Å². The number of carboxylic acids is 1. The topological polar surface area (TPSA) is 64.3 Å². The number of benzene rings is 7. The molecule has 0 aliphatic carbocycles. The molecule has 218 valence electrons. The van der Waals surface area contributed by atoms with Crippen LogP contribution in [-0.4, -0.2) is 11.1 Å². The number of nitriles is 1. The molecule has 7 aromatic carbocycles. The summed E-state index contributed by atoms with van der Waals surface area (Å²) >= 11 is 0. The molecular weight excluding hydrogens is 564 g/mol. The predicted octanol–water partition coefficient (Wildman–Crippen LogP) is 10.8. The zero-order valence-electron chi connectivity index (χ0n) is 24.8. The summed E-state index contributed by atoms with van der Waals surface area (Å²) in [6.45, 7) is 0. The van der Waals surface area contributed by atoms with Crippen LogP contribution in [0.1, 0.15) is 5.56 Å². The minimum absolute atomic E-state index is 0.297. The Bertz CT molecular complexity index is 2170. The lowest BCUT2D eigenvalue weighted by Crippen LogP contribution is -2.09. The molecule has 0 radical (unpaired) electrons. The molecule has 0 bridgehead atoms. The van der Waals surface area contributed by atoms with Crippen molar-refractivity contribution in [3.63, 3.8) is 0 Å². The molecule has 7 aromatic rings. The Kier molecular flexibility index (Phi) is 7.56. The van der Waals surface area contributed by atoms with Gasteiger partial charge in [0.1, 0.15) is 11.6 Å². The molecule has 4 heteroatoms. The van der Waals surface area contributed by atoms with Crippen LogP contribution in [0.25, 0.3) is 49.9 Å². The van der Waals surface area contributed by atoms with Gasteiger partial charge in [0, 0.05) is 17.1 Å². The first-order valence-corrected chi connectivity index (χ1v) is 15.0. The molecule has 0 atom stereocenters. The largest absolute Gasteiger partial charge is 0.477 e. The van der Waals surface area contributed by atoms with Crippen LogP contribution in [0.2, 0.25) is 0 Å². The van der Waals surface area contributed by atoms with Crippen LogP contribution in [0.4, 0.5) is 17.1 Å². The van der Waals surface area contributed by atoms with Crippen LogP contribution in [0.15, 0.2) is 163 Å². The van der Waals surface area contributed by atoms with Crippen molar-refractivity contribution in [2.24, 2.45) is 0 Å². The molecular formula is C42H28N2O2. The number of hydrogen-bond acceptors (Lipinski definition) is 3. The Morgan fingerprint density at radius 2 is 0.891 bits per heavy atom. The number of carboxylic acid groups (broad SMARTS) is 1. The Labute approximate surface area is 267 Å². The van der Waals surface area contributed by atoms with Gasteiger partial charge in [-0.05, 0) is 91.8 Å². The first-order chi connectivity index (χ1) is 22.6. The van der Waals surface area contributed by atoms with Gasteiger partial charge in [-0.25, -0.2) is 4.79 Å². The number of fused-ring (bicyclic) bond motifs is 2. The maximum Gasteiger partial charge on any atom is 0.346 e. The summed E-state index contributed by atoms with van der Waals surface area (Å²) in [5, 5.41) is 23.0. The van der Waals surface area contributed by atoms with Crippen LogP contribution in [-0.2, 0) is 4.79 Å². The lowest BCUT2D eigenvalue weighted by atomic mass is 9.86. The van der Waals surface area contributed by atoms with Crippen LogP contribution in [0.5, 0.6) is 0 Å². The Morgan fingerprint density at radius 3 is 1.28 bits per heavy atom. The normalized spacial score (nSPS) is 11.3. The van der Waals surface area contributed by atoms with E-state index in [0.29, 0.717) is 5.56 Å². The van der Waals surface area contributed by atoms with Gasteiger partial charge in [-0.1, -0.05) is 121 Å². The summed E-state index contributed by atoms with van der Waals surface area (Å²) in [4.78, 5) is 13.6. The highest BCUT2D eigenvalue weighted by molar-refractivity contribution is 6.21. The summed E-state index contributed by atoms with van der Waals surface area (Å²) in [5.41, 5.74) is 8.05. The molecule has 4 nitrogen and oxygen atoms in total. The zero-order valence-corrected chi connectivity index (χ0v) is 24.8. The van der Waals surface area contributed by atoms with Gasteiger partial charge < -0.3 is 10.0 Å².